The van der Waals surface area contributed by atoms with Gasteiger partial charge in [-0.25, -0.2) is 0 Å². The van der Waals surface area contributed by atoms with Crippen LogP contribution in [0.5, 0.6) is 11.5 Å². The van der Waals surface area contributed by atoms with Crippen molar-refractivity contribution in [1.29, 1.82) is 0 Å². The Morgan fingerprint density at radius 1 is 1.00 bits per heavy atom. The summed E-state index contributed by atoms with van der Waals surface area (Å²) in [5, 5.41) is 5.76. The van der Waals surface area contributed by atoms with Crippen molar-refractivity contribution in [1.82, 2.24) is 0 Å². The Morgan fingerprint density at radius 2 is 1.79 bits per heavy atom. The first kappa shape index (κ1) is 18.1. The van der Waals surface area contributed by atoms with Gasteiger partial charge in [0.2, 0.25) is 5.91 Å². The van der Waals surface area contributed by atoms with Gasteiger partial charge in [0.25, 0.3) is 5.91 Å². The molecule has 28 heavy (non-hydrogen) atoms. The minimum absolute atomic E-state index is 0.0367. The summed E-state index contributed by atoms with van der Waals surface area (Å²) in [7, 11) is 0. The standard InChI is InChI=1S/C22H18N2O3S/c25-21-12-13-28-20-11-10-15(14-18(20)23-21)22(26)24-17-8-4-5-9-19(17)27-16-6-2-1-3-7-16/h1-11,14H,12-13H2,(H,23,25)(H,24,26). The van der Waals surface area contributed by atoms with Crippen LogP contribution in [0.3, 0.4) is 0 Å². The Morgan fingerprint density at radius 3 is 2.64 bits per heavy atom. The van der Waals surface area contributed by atoms with Gasteiger partial charge in [-0.1, -0.05) is 30.3 Å². The molecule has 1 aliphatic rings. The van der Waals surface area contributed by atoms with Crippen LogP contribution in [-0.4, -0.2) is 17.6 Å². The Balaban J connectivity index is 1.55. The highest BCUT2D eigenvalue weighted by Crippen LogP contribution is 2.33. The van der Waals surface area contributed by atoms with Crippen LogP contribution in [0.4, 0.5) is 11.4 Å². The van der Waals surface area contributed by atoms with Crippen molar-refractivity contribution < 1.29 is 14.3 Å². The average Bonchev–Trinajstić information content (AvgIpc) is 2.90. The van der Waals surface area contributed by atoms with E-state index in [0.717, 1.165) is 10.6 Å². The molecule has 0 saturated carbocycles. The zero-order valence-electron chi connectivity index (χ0n) is 15.0. The molecule has 1 aliphatic heterocycles. The summed E-state index contributed by atoms with van der Waals surface area (Å²) < 4.78 is 5.89. The van der Waals surface area contributed by atoms with Crippen LogP contribution >= 0.6 is 11.8 Å². The minimum Gasteiger partial charge on any atom is -0.455 e. The number of carbonyl (C=O) groups excluding carboxylic acids is 2. The molecule has 0 fully saturated rings. The van der Waals surface area contributed by atoms with Crippen molar-refractivity contribution in [2.24, 2.45) is 0 Å². The van der Waals surface area contributed by atoms with Crippen LogP contribution in [0.1, 0.15) is 16.8 Å². The van der Waals surface area contributed by atoms with Crippen LogP contribution < -0.4 is 15.4 Å². The van der Waals surface area contributed by atoms with E-state index >= 15 is 0 Å². The number of para-hydroxylation sites is 3. The van der Waals surface area contributed by atoms with Gasteiger partial charge >= 0.3 is 0 Å². The molecule has 5 nitrogen and oxygen atoms in total. The monoisotopic (exact) mass is 390 g/mol. The zero-order chi connectivity index (χ0) is 19.3. The van der Waals surface area contributed by atoms with E-state index in [-0.39, 0.29) is 11.8 Å². The number of fused-ring (bicyclic) bond motifs is 1. The number of thioether (sulfide) groups is 1. The number of carbonyl (C=O) groups is 2. The number of hydrogen-bond donors (Lipinski definition) is 2. The van der Waals surface area contributed by atoms with E-state index in [2.05, 4.69) is 10.6 Å². The summed E-state index contributed by atoms with van der Waals surface area (Å²) in [6.45, 7) is 0. The lowest BCUT2D eigenvalue weighted by atomic mass is 10.1. The molecule has 0 aliphatic carbocycles. The maximum absolute atomic E-state index is 12.8. The second-order valence-corrected chi connectivity index (χ2v) is 7.36. The third-order valence-electron chi connectivity index (χ3n) is 4.21. The topological polar surface area (TPSA) is 67.4 Å². The Labute approximate surface area is 167 Å². The van der Waals surface area contributed by atoms with Gasteiger partial charge in [-0.15, -0.1) is 11.8 Å². The van der Waals surface area contributed by atoms with E-state index in [4.69, 9.17) is 4.74 Å². The predicted molar refractivity (Wildman–Crippen MR) is 111 cm³/mol. The van der Waals surface area contributed by atoms with Crippen molar-refractivity contribution in [3.8, 4) is 11.5 Å². The summed E-state index contributed by atoms with van der Waals surface area (Å²) in [4.78, 5) is 25.5. The normalized spacial score (nSPS) is 13.1. The van der Waals surface area contributed by atoms with Crippen LogP contribution in [0.2, 0.25) is 0 Å². The van der Waals surface area contributed by atoms with Gasteiger partial charge in [0.1, 0.15) is 5.75 Å². The molecule has 0 bridgehead atoms. The molecule has 2 N–H and O–H groups in total. The number of benzene rings is 3. The van der Waals surface area contributed by atoms with Gasteiger partial charge in [0, 0.05) is 22.6 Å². The SMILES string of the molecule is O=C1CCSc2ccc(C(=O)Nc3ccccc3Oc3ccccc3)cc2N1. The van der Waals surface area contributed by atoms with E-state index in [0.29, 0.717) is 34.9 Å². The molecule has 3 aromatic carbocycles. The van der Waals surface area contributed by atoms with Gasteiger partial charge < -0.3 is 15.4 Å². The molecule has 0 unspecified atom stereocenters. The van der Waals surface area contributed by atoms with Gasteiger partial charge in [0.15, 0.2) is 5.75 Å². The molecule has 0 aromatic heterocycles. The lowest BCUT2D eigenvalue weighted by molar-refractivity contribution is -0.115. The van der Waals surface area contributed by atoms with Crippen molar-refractivity contribution in [2.75, 3.05) is 16.4 Å². The van der Waals surface area contributed by atoms with Gasteiger partial charge in [-0.2, -0.15) is 0 Å². The lowest BCUT2D eigenvalue weighted by Crippen LogP contribution is -2.14. The van der Waals surface area contributed by atoms with Crippen molar-refractivity contribution in [3.63, 3.8) is 0 Å². The Hall–Kier alpha value is -3.25. The first-order chi connectivity index (χ1) is 13.7. The smallest absolute Gasteiger partial charge is 0.255 e. The molecular weight excluding hydrogens is 372 g/mol. The molecule has 4 rings (SSSR count). The predicted octanol–water partition coefficient (Wildman–Crippen LogP) is 5.17. The summed E-state index contributed by atoms with van der Waals surface area (Å²) >= 11 is 1.61. The average molecular weight is 390 g/mol. The summed E-state index contributed by atoms with van der Waals surface area (Å²) in [5.74, 6) is 1.67. The second kappa shape index (κ2) is 8.19. The van der Waals surface area contributed by atoms with E-state index in [1.165, 1.54) is 0 Å². The number of hydrogen-bond acceptors (Lipinski definition) is 4. The fraction of sp³-hybridized carbons (Fsp3) is 0.0909. The Kier molecular flexibility index (Phi) is 5.30. The molecule has 0 atom stereocenters. The lowest BCUT2D eigenvalue weighted by Gasteiger charge is -2.13. The van der Waals surface area contributed by atoms with E-state index in [1.54, 1.807) is 36.0 Å². The zero-order valence-corrected chi connectivity index (χ0v) is 15.8. The molecule has 0 spiro atoms. The highest BCUT2D eigenvalue weighted by atomic mass is 32.2. The van der Waals surface area contributed by atoms with E-state index in [1.807, 2.05) is 48.5 Å². The number of nitrogens with one attached hydrogen (secondary N) is 2. The number of amides is 2. The fourth-order valence-electron chi connectivity index (χ4n) is 2.83. The maximum Gasteiger partial charge on any atom is 0.255 e. The summed E-state index contributed by atoms with van der Waals surface area (Å²) in [6, 6.07) is 22.0. The molecule has 1 heterocycles. The highest BCUT2D eigenvalue weighted by molar-refractivity contribution is 7.99. The maximum atomic E-state index is 12.8. The molecular formula is C22H18N2O3S. The third-order valence-corrected chi connectivity index (χ3v) is 5.28. The van der Waals surface area contributed by atoms with E-state index in [9.17, 15) is 9.59 Å². The highest BCUT2D eigenvalue weighted by Gasteiger charge is 2.16. The van der Waals surface area contributed by atoms with Gasteiger partial charge in [-0.3, -0.25) is 9.59 Å². The molecule has 6 heteroatoms. The number of rotatable bonds is 4. The van der Waals surface area contributed by atoms with Crippen LogP contribution in [0.15, 0.2) is 77.7 Å². The second-order valence-electron chi connectivity index (χ2n) is 6.22. The quantitative estimate of drug-likeness (QED) is 0.645. The van der Waals surface area contributed by atoms with Crippen LogP contribution in [0.25, 0.3) is 0 Å². The molecule has 0 saturated heterocycles. The summed E-state index contributed by atoms with van der Waals surface area (Å²) in [6.07, 6.45) is 0.463. The van der Waals surface area contributed by atoms with Crippen LogP contribution in [-0.2, 0) is 4.79 Å². The minimum atomic E-state index is -0.268. The van der Waals surface area contributed by atoms with Crippen molar-refractivity contribution in [2.45, 2.75) is 11.3 Å². The van der Waals surface area contributed by atoms with Gasteiger partial charge in [0.05, 0.1) is 11.4 Å². The van der Waals surface area contributed by atoms with Gasteiger partial charge in [-0.05, 0) is 42.5 Å². The number of ether oxygens (including phenoxy) is 1. The molecule has 140 valence electrons. The van der Waals surface area contributed by atoms with E-state index < -0.39 is 0 Å². The largest absolute Gasteiger partial charge is 0.455 e. The third kappa shape index (κ3) is 4.18. The van der Waals surface area contributed by atoms with Crippen LogP contribution in [0, 0.1) is 0 Å². The fourth-order valence-corrected chi connectivity index (χ4v) is 3.77. The number of anilines is 2. The molecule has 3 aromatic rings. The Bertz CT molecular complexity index is 1020. The van der Waals surface area contributed by atoms with Crippen molar-refractivity contribution >= 4 is 35.0 Å². The molecule has 2 amide bonds. The first-order valence-electron chi connectivity index (χ1n) is 8.89. The molecule has 0 radical (unpaired) electrons. The van der Waals surface area contributed by atoms with Crippen molar-refractivity contribution in [3.05, 3.63) is 78.4 Å². The first-order valence-corrected chi connectivity index (χ1v) is 9.87. The summed E-state index contributed by atoms with van der Waals surface area (Å²) in [5.41, 5.74) is 1.72.